The maximum Gasteiger partial charge on any atom is 0.355 e. The van der Waals surface area contributed by atoms with Gasteiger partial charge in [-0.2, -0.15) is 0 Å². The third kappa shape index (κ3) is 4.40. The Morgan fingerprint density at radius 2 is 1.93 bits per heavy atom. The van der Waals surface area contributed by atoms with Gasteiger partial charge < -0.3 is 15.2 Å². The number of aliphatic hydroxyl groups is 1. The fraction of sp³-hybridized carbons (Fsp3) is 0.450. The molecular formula is C20H24N2O6S. The van der Waals surface area contributed by atoms with E-state index in [4.69, 9.17) is 4.74 Å². The summed E-state index contributed by atoms with van der Waals surface area (Å²) in [6, 6.07) is 8.06. The van der Waals surface area contributed by atoms with Gasteiger partial charge in [-0.1, -0.05) is 30.3 Å². The molecule has 156 valence electrons. The highest BCUT2D eigenvalue weighted by Gasteiger charge is 2.57. The van der Waals surface area contributed by atoms with Crippen LogP contribution < -0.4 is 5.32 Å². The largest absolute Gasteiger partial charge is 0.455 e. The molecule has 2 unspecified atom stereocenters. The average Bonchev–Trinajstić information content (AvgIpc) is 2.64. The zero-order valence-corrected chi connectivity index (χ0v) is 17.3. The first-order valence-electron chi connectivity index (χ1n) is 9.22. The first-order valence-corrected chi connectivity index (χ1v) is 10.6. The number of β-lactam (4-membered cyclic amide) rings is 1. The molecule has 8 nitrogen and oxygen atoms in total. The molecule has 3 atom stereocenters. The van der Waals surface area contributed by atoms with Gasteiger partial charge in [-0.25, -0.2) is 4.79 Å². The summed E-state index contributed by atoms with van der Waals surface area (Å²) < 4.78 is 18.0. The van der Waals surface area contributed by atoms with E-state index in [-0.39, 0.29) is 29.4 Å². The van der Waals surface area contributed by atoms with E-state index in [1.165, 1.54) is 0 Å². The van der Waals surface area contributed by atoms with E-state index in [0.717, 1.165) is 10.5 Å². The van der Waals surface area contributed by atoms with E-state index in [1.54, 1.807) is 32.9 Å². The van der Waals surface area contributed by atoms with Crippen molar-refractivity contribution in [1.29, 1.82) is 0 Å². The zero-order valence-electron chi connectivity index (χ0n) is 16.5. The van der Waals surface area contributed by atoms with Crippen molar-refractivity contribution >= 4 is 28.6 Å². The van der Waals surface area contributed by atoms with Crippen molar-refractivity contribution in [1.82, 2.24) is 10.2 Å². The minimum atomic E-state index is -1.57. The van der Waals surface area contributed by atoms with Crippen molar-refractivity contribution in [3.63, 3.8) is 0 Å². The van der Waals surface area contributed by atoms with Gasteiger partial charge in [-0.15, -0.1) is 0 Å². The Balaban J connectivity index is 1.78. The van der Waals surface area contributed by atoms with Crippen molar-refractivity contribution < 1.29 is 28.4 Å². The summed E-state index contributed by atoms with van der Waals surface area (Å²) in [6.45, 7) is 4.55. The Morgan fingerprint density at radius 1 is 1.28 bits per heavy atom. The van der Waals surface area contributed by atoms with Gasteiger partial charge in [-0.3, -0.25) is 18.7 Å². The fourth-order valence-corrected chi connectivity index (χ4v) is 4.97. The van der Waals surface area contributed by atoms with Crippen LogP contribution in [0.1, 0.15) is 26.3 Å². The normalized spacial score (nSPS) is 23.9. The zero-order chi connectivity index (χ0) is 21.3. The van der Waals surface area contributed by atoms with Gasteiger partial charge in [0.25, 0.3) is 5.91 Å². The Hall–Kier alpha value is -2.52. The van der Waals surface area contributed by atoms with Crippen LogP contribution in [0.25, 0.3) is 0 Å². The minimum Gasteiger partial charge on any atom is -0.455 e. The third-order valence-electron chi connectivity index (χ3n) is 4.51. The van der Waals surface area contributed by atoms with Gasteiger partial charge in [0.15, 0.2) is 0 Å². The maximum absolute atomic E-state index is 12.7. The van der Waals surface area contributed by atoms with Crippen LogP contribution in [0, 0.1) is 0 Å². The molecule has 2 heterocycles. The number of fused-ring (bicyclic) bond motifs is 1. The lowest BCUT2D eigenvalue weighted by Gasteiger charge is -2.49. The van der Waals surface area contributed by atoms with E-state index >= 15 is 0 Å². The number of hydrogen-bond donors (Lipinski definition) is 2. The molecular weight excluding hydrogens is 396 g/mol. The minimum absolute atomic E-state index is 0.0649. The quantitative estimate of drug-likeness (QED) is 0.521. The lowest BCUT2D eigenvalue weighted by Crippen LogP contribution is -2.73. The Kier molecular flexibility index (Phi) is 5.90. The number of hydrogen-bond acceptors (Lipinski definition) is 6. The molecule has 1 aromatic rings. The van der Waals surface area contributed by atoms with Crippen molar-refractivity contribution in [2.75, 3.05) is 12.4 Å². The molecule has 2 aliphatic heterocycles. The van der Waals surface area contributed by atoms with Crippen LogP contribution in [0.5, 0.6) is 0 Å². The molecule has 0 bridgehead atoms. The van der Waals surface area contributed by atoms with Crippen molar-refractivity contribution in [3.05, 3.63) is 47.2 Å². The molecule has 0 radical (unpaired) electrons. The number of rotatable bonds is 5. The summed E-state index contributed by atoms with van der Waals surface area (Å²) >= 11 is 0. The number of nitrogens with zero attached hydrogens (tertiary/aromatic N) is 1. The topological polar surface area (TPSA) is 113 Å². The van der Waals surface area contributed by atoms with Crippen LogP contribution in [0.15, 0.2) is 41.6 Å². The molecule has 0 saturated carbocycles. The first-order chi connectivity index (χ1) is 13.6. The predicted octanol–water partition coefficient (Wildman–Crippen LogP) is 0.233. The summed E-state index contributed by atoms with van der Waals surface area (Å²) in [5, 5.41) is 11.4. The summed E-state index contributed by atoms with van der Waals surface area (Å²) in [6.07, 6.45) is 0.0840. The van der Waals surface area contributed by atoms with Crippen molar-refractivity contribution in [2.45, 2.75) is 44.2 Å². The van der Waals surface area contributed by atoms with Crippen LogP contribution in [0.2, 0.25) is 0 Å². The van der Waals surface area contributed by atoms with Crippen LogP contribution >= 0.6 is 0 Å². The highest BCUT2D eigenvalue weighted by atomic mass is 32.2. The fourth-order valence-electron chi connectivity index (χ4n) is 3.30. The highest BCUT2D eigenvalue weighted by molar-refractivity contribution is 7.86. The molecule has 2 amide bonds. The molecule has 0 aliphatic carbocycles. The van der Waals surface area contributed by atoms with Gasteiger partial charge in [0, 0.05) is 0 Å². The highest BCUT2D eigenvalue weighted by Crippen LogP contribution is 2.35. The number of esters is 1. The number of benzene rings is 1. The van der Waals surface area contributed by atoms with Crippen LogP contribution in [0.4, 0.5) is 0 Å². The monoisotopic (exact) mass is 420 g/mol. The summed E-state index contributed by atoms with van der Waals surface area (Å²) in [5.41, 5.74) is 0.102. The van der Waals surface area contributed by atoms with Gasteiger partial charge >= 0.3 is 5.97 Å². The SMILES string of the molecule is CC(C)(C)OC(=O)C1=C(CO)CS(=O)[C@H]2C(NC(=O)Cc3ccccc3)C(=O)N12. The molecule has 29 heavy (non-hydrogen) atoms. The summed E-state index contributed by atoms with van der Waals surface area (Å²) in [7, 11) is -1.57. The summed E-state index contributed by atoms with van der Waals surface area (Å²) in [4.78, 5) is 38.8. The molecule has 9 heteroatoms. The van der Waals surface area contributed by atoms with Gasteiger partial charge in [-0.05, 0) is 31.9 Å². The average molecular weight is 420 g/mol. The predicted molar refractivity (Wildman–Crippen MR) is 106 cm³/mol. The molecule has 0 spiro atoms. The second-order valence-corrected chi connectivity index (χ2v) is 9.48. The molecule has 1 aromatic carbocycles. The number of carbonyl (C=O) groups is 3. The summed E-state index contributed by atoms with van der Waals surface area (Å²) in [5.74, 6) is -1.74. The Labute approximate surface area is 171 Å². The Bertz CT molecular complexity index is 890. The van der Waals surface area contributed by atoms with Crippen molar-refractivity contribution in [2.24, 2.45) is 0 Å². The number of carbonyl (C=O) groups excluding carboxylic acids is 3. The molecule has 0 aromatic heterocycles. The number of nitrogens with one attached hydrogen (secondary N) is 1. The van der Waals surface area contributed by atoms with Gasteiger partial charge in [0.1, 0.15) is 22.7 Å². The van der Waals surface area contributed by atoms with E-state index in [1.807, 2.05) is 18.2 Å². The molecule has 3 rings (SSSR count). The van der Waals surface area contributed by atoms with E-state index in [0.29, 0.717) is 0 Å². The number of ether oxygens (including phenoxy) is 1. The van der Waals surface area contributed by atoms with Gasteiger partial charge in [0.05, 0.1) is 29.6 Å². The number of aliphatic hydroxyl groups excluding tert-OH is 1. The number of amides is 2. The second kappa shape index (κ2) is 8.08. The van der Waals surface area contributed by atoms with Crippen LogP contribution in [-0.2, 0) is 36.3 Å². The lowest BCUT2D eigenvalue weighted by atomic mass is 10.0. The van der Waals surface area contributed by atoms with Gasteiger partial charge in [0.2, 0.25) is 5.91 Å². The molecule has 2 aliphatic rings. The van der Waals surface area contributed by atoms with E-state index < -0.39 is 46.3 Å². The standard InChI is InChI=1S/C20H24N2O6S/c1-20(2,3)28-19(26)16-13(10-23)11-29(27)18-15(17(25)22(16)18)21-14(24)9-12-7-5-4-6-8-12/h4-8,15,18,23H,9-11H2,1-3H3,(H,21,24)/t15?,18-,29?/m0/s1. The van der Waals surface area contributed by atoms with Crippen molar-refractivity contribution in [3.8, 4) is 0 Å². The maximum atomic E-state index is 12.7. The van der Waals surface area contributed by atoms with E-state index in [9.17, 15) is 23.7 Å². The smallest absolute Gasteiger partial charge is 0.355 e. The molecule has 1 fully saturated rings. The molecule has 1 saturated heterocycles. The van der Waals surface area contributed by atoms with Crippen LogP contribution in [0.3, 0.4) is 0 Å². The Morgan fingerprint density at radius 3 is 2.52 bits per heavy atom. The lowest BCUT2D eigenvalue weighted by molar-refractivity contribution is -0.159. The van der Waals surface area contributed by atoms with Crippen LogP contribution in [-0.4, -0.2) is 61.4 Å². The second-order valence-electron chi connectivity index (χ2n) is 7.94. The van der Waals surface area contributed by atoms with E-state index in [2.05, 4.69) is 5.32 Å². The third-order valence-corrected chi connectivity index (χ3v) is 6.17. The first kappa shape index (κ1) is 21.2. The molecule has 2 N–H and O–H groups in total.